The second-order valence-corrected chi connectivity index (χ2v) is 9.78. The molecule has 0 unspecified atom stereocenters. The molecule has 6 nitrogen and oxygen atoms in total. The lowest BCUT2D eigenvalue weighted by Crippen LogP contribution is -2.53. The number of thiophene rings is 1. The molecule has 1 aromatic heterocycles. The lowest BCUT2D eigenvalue weighted by atomic mass is 9.84. The van der Waals surface area contributed by atoms with Crippen molar-refractivity contribution in [3.63, 3.8) is 0 Å². The minimum absolute atomic E-state index is 0.0240. The molecule has 2 saturated heterocycles. The van der Waals surface area contributed by atoms with Crippen LogP contribution in [-0.4, -0.2) is 71.7 Å². The van der Waals surface area contributed by atoms with Crippen molar-refractivity contribution in [3.8, 4) is 0 Å². The van der Waals surface area contributed by atoms with Gasteiger partial charge in [-0.2, -0.15) is 0 Å². The Labute approximate surface area is 193 Å². The van der Waals surface area contributed by atoms with Crippen LogP contribution in [0.3, 0.4) is 0 Å². The van der Waals surface area contributed by atoms with E-state index in [1.165, 1.54) is 11.3 Å². The lowest BCUT2D eigenvalue weighted by molar-refractivity contribution is -0.141. The molecule has 2 atom stereocenters. The minimum atomic E-state index is -0.0240. The first-order chi connectivity index (χ1) is 15.5. The molecule has 2 aromatic rings. The van der Waals surface area contributed by atoms with E-state index in [4.69, 9.17) is 0 Å². The largest absolute Gasteiger partial charge is 0.343 e. The standard InChI is InChI=1S/C25H31N3O3S/c1-18(29)27-13-10-20(11-14-27)24(30)28-15-12-22(21(17-28)19-7-4-3-5-8-19)26(2)25(31)23-9-6-16-32-23/h3-9,16,20-22H,10-15,17H2,1-2H3/t21-,22+/m0/s1. The van der Waals surface area contributed by atoms with Gasteiger partial charge in [0, 0.05) is 58.0 Å². The molecular weight excluding hydrogens is 422 g/mol. The predicted octanol–water partition coefficient (Wildman–Crippen LogP) is 3.46. The van der Waals surface area contributed by atoms with E-state index in [0.717, 1.165) is 29.7 Å². The SMILES string of the molecule is CC(=O)N1CCC(C(=O)N2CC[C@@H](N(C)C(=O)c3cccs3)[C@H](c3ccccc3)C2)CC1. The monoisotopic (exact) mass is 453 g/mol. The van der Waals surface area contributed by atoms with Crippen LogP contribution in [0.25, 0.3) is 0 Å². The predicted molar refractivity (Wildman–Crippen MR) is 126 cm³/mol. The topological polar surface area (TPSA) is 60.9 Å². The van der Waals surface area contributed by atoms with Crippen molar-refractivity contribution in [2.75, 3.05) is 33.2 Å². The number of nitrogens with zero attached hydrogens (tertiary/aromatic N) is 3. The molecule has 3 heterocycles. The van der Waals surface area contributed by atoms with Crippen LogP contribution in [0.2, 0.25) is 0 Å². The van der Waals surface area contributed by atoms with E-state index < -0.39 is 0 Å². The molecule has 0 spiro atoms. The van der Waals surface area contributed by atoms with Crippen molar-refractivity contribution in [1.82, 2.24) is 14.7 Å². The number of amides is 3. The molecule has 2 aliphatic heterocycles. The Balaban J connectivity index is 1.49. The van der Waals surface area contributed by atoms with Crippen LogP contribution in [0.5, 0.6) is 0 Å². The fraction of sp³-hybridized carbons (Fsp3) is 0.480. The van der Waals surface area contributed by atoms with Gasteiger partial charge in [-0.3, -0.25) is 14.4 Å². The molecule has 32 heavy (non-hydrogen) atoms. The maximum absolute atomic E-state index is 13.3. The summed E-state index contributed by atoms with van der Waals surface area (Å²) < 4.78 is 0. The summed E-state index contributed by atoms with van der Waals surface area (Å²) in [6.07, 6.45) is 2.21. The molecule has 170 valence electrons. The highest BCUT2D eigenvalue weighted by Gasteiger charge is 2.39. The van der Waals surface area contributed by atoms with Crippen LogP contribution in [0, 0.1) is 5.92 Å². The van der Waals surface area contributed by atoms with E-state index in [0.29, 0.717) is 26.2 Å². The Bertz CT molecular complexity index is 939. The summed E-state index contributed by atoms with van der Waals surface area (Å²) in [4.78, 5) is 44.5. The van der Waals surface area contributed by atoms with Crippen LogP contribution in [0.1, 0.15) is 47.3 Å². The van der Waals surface area contributed by atoms with Gasteiger partial charge in [-0.05, 0) is 36.3 Å². The quantitative estimate of drug-likeness (QED) is 0.712. The van der Waals surface area contributed by atoms with Gasteiger partial charge in [-0.15, -0.1) is 11.3 Å². The number of piperidine rings is 2. The Hall–Kier alpha value is -2.67. The van der Waals surface area contributed by atoms with Crippen LogP contribution < -0.4 is 0 Å². The molecule has 0 bridgehead atoms. The third-order valence-electron chi connectivity index (χ3n) is 6.96. The van der Waals surface area contributed by atoms with Gasteiger partial charge < -0.3 is 14.7 Å². The highest BCUT2D eigenvalue weighted by atomic mass is 32.1. The molecule has 0 radical (unpaired) electrons. The minimum Gasteiger partial charge on any atom is -0.343 e. The highest BCUT2D eigenvalue weighted by Crippen LogP contribution is 2.33. The van der Waals surface area contributed by atoms with E-state index in [2.05, 4.69) is 12.1 Å². The average molecular weight is 454 g/mol. The summed E-state index contributed by atoms with van der Waals surface area (Å²) in [5.74, 6) is 0.366. The molecule has 4 rings (SSSR count). The molecule has 0 N–H and O–H groups in total. The van der Waals surface area contributed by atoms with Gasteiger partial charge in [0.15, 0.2) is 0 Å². The van der Waals surface area contributed by atoms with E-state index in [9.17, 15) is 14.4 Å². The van der Waals surface area contributed by atoms with Crippen molar-refractivity contribution >= 4 is 29.1 Å². The van der Waals surface area contributed by atoms with Crippen molar-refractivity contribution in [2.24, 2.45) is 5.92 Å². The number of carbonyl (C=O) groups excluding carboxylic acids is 3. The van der Waals surface area contributed by atoms with E-state index in [-0.39, 0.29) is 35.6 Å². The van der Waals surface area contributed by atoms with Gasteiger partial charge in [0.25, 0.3) is 5.91 Å². The van der Waals surface area contributed by atoms with Gasteiger partial charge in [0.05, 0.1) is 4.88 Å². The molecule has 0 saturated carbocycles. The van der Waals surface area contributed by atoms with Crippen molar-refractivity contribution in [1.29, 1.82) is 0 Å². The summed E-state index contributed by atoms with van der Waals surface area (Å²) in [7, 11) is 1.89. The molecule has 0 aliphatic carbocycles. The number of carbonyl (C=O) groups is 3. The second kappa shape index (κ2) is 9.86. The Morgan fingerprint density at radius 3 is 2.25 bits per heavy atom. The molecule has 3 amide bonds. The number of rotatable bonds is 4. The summed E-state index contributed by atoms with van der Waals surface area (Å²) in [6, 6.07) is 14.0. The van der Waals surface area contributed by atoms with Gasteiger partial charge in [-0.25, -0.2) is 0 Å². The Morgan fingerprint density at radius 2 is 1.62 bits per heavy atom. The van der Waals surface area contributed by atoms with Crippen LogP contribution in [0.4, 0.5) is 0 Å². The van der Waals surface area contributed by atoms with E-state index in [1.807, 2.05) is 57.5 Å². The third kappa shape index (κ3) is 4.72. The fourth-order valence-electron chi connectivity index (χ4n) is 5.06. The fourth-order valence-corrected chi connectivity index (χ4v) is 5.76. The van der Waals surface area contributed by atoms with Crippen molar-refractivity contribution in [2.45, 2.75) is 38.1 Å². The zero-order valence-corrected chi connectivity index (χ0v) is 19.6. The molecular formula is C25H31N3O3S. The third-order valence-corrected chi connectivity index (χ3v) is 7.81. The van der Waals surface area contributed by atoms with E-state index in [1.54, 1.807) is 6.92 Å². The Morgan fingerprint density at radius 1 is 0.938 bits per heavy atom. The number of likely N-dealkylation sites (N-methyl/N-ethyl adjacent to an activating group) is 1. The van der Waals surface area contributed by atoms with Crippen LogP contribution in [0.15, 0.2) is 47.8 Å². The summed E-state index contributed by atoms with van der Waals surface area (Å²) in [5, 5.41) is 1.93. The Kier molecular flexibility index (Phi) is 6.94. The smallest absolute Gasteiger partial charge is 0.263 e. The molecule has 7 heteroatoms. The van der Waals surface area contributed by atoms with Crippen molar-refractivity contribution < 1.29 is 14.4 Å². The van der Waals surface area contributed by atoms with Crippen LogP contribution >= 0.6 is 11.3 Å². The summed E-state index contributed by atoms with van der Waals surface area (Å²) >= 11 is 1.46. The molecule has 1 aromatic carbocycles. The zero-order valence-electron chi connectivity index (χ0n) is 18.8. The van der Waals surface area contributed by atoms with Crippen molar-refractivity contribution in [3.05, 3.63) is 58.3 Å². The zero-order chi connectivity index (χ0) is 22.7. The second-order valence-electron chi connectivity index (χ2n) is 8.83. The molecule has 2 fully saturated rings. The van der Waals surface area contributed by atoms with Gasteiger partial charge >= 0.3 is 0 Å². The first-order valence-electron chi connectivity index (χ1n) is 11.4. The number of hydrogen-bond acceptors (Lipinski definition) is 4. The number of likely N-dealkylation sites (tertiary alicyclic amines) is 2. The summed E-state index contributed by atoms with van der Waals surface area (Å²) in [6.45, 7) is 4.17. The van der Waals surface area contributed by atoms with Crippen LogP contribution in [-0.2, 0) is 9.59 Å². The summed E-state index contributed by atoms with van der Waals surface area (Å²) in [5.41, 5.74) is 1.16. The van der Waals surface area contributed by atoms with Gasteiger partial charge in [0.1, 0.15) is 0 Å². The van der Waals surface area contributed by atoms with Gasteiger partial charge in [0.2, 0.25) is 11.8 Å². The lowest BCUT2D eigenvalue weighted by Gasteiger charge is -2.44. The molecule has 2 aliphatic rings. The highest BCUT2D eigenvalue weighted by molar-refractivity contribution is 7.12. The van der Waals surface area contributed by atoms with Gasteiger partial charge in [-0.1, -0.05) is 36.4 Å². The normalized spacial score (nSPS) is 21.9. The first kappa shape index (κ1) is 22.5. The number of hydrogen-bond donors (Lipinski definition) is 0. The maximum atomic E-state index is 13.3. The first-order valence-corrected chi connectivity index (χ1v) is 12.2. The average Bonchev–Trinajstić information content (AvgIpc) is 3.38. The maximum Gasteiger partial charge on any atom is 0.263 e. The van der Waals surface area contributed by atoms with E-state index >= 15 is 0 Å². The number of benzene rings is 1.